The van der Waals surface area contributed by atoms with Gasteiger partial charge in [0.25, 0.3) is 5.91 Å². The number of nitrogens with zero attached hydrogens (tertiary/aromatic N) is 4. The van der Waals surface area contributed by atoms with E-state index in [1.807, 2.05) is 31.2 Å². The van der Waals surface area contributed by atoms with Crippen molar-refractivity contribution < 1.29 is 14.4 Å². The molecular formula is C27H30N4O3. The molecule has 2 heterocycles. The van der Waals surface area contributed by atoms with E-state index in [9.17, 15) is 14.4 Å². The average Bonchev–Trinajstić information content (AvgIpc) is 3.14. The molecule has 0 spiro atoms. The number of amides is 3. The Hall–Kier alpha value is -3.50. The molecule has 1 unspecified atom stereocenters. The predicted octanol–water partition coefficient (Wildman–Crippen LogP) is 3.48. The van der Waals surface area contributed by atoms with Crippen molar-refractivity contribution in [2.45, 2.75) is 57.7 Å². The molecule has 0 aromatic heterocycles. The SMILES string of the molecule is CCCC(=O)N(C1CCN(Cc2ccccc2)CC1)C1CC(=O)N(c2ccc(C#N)cc2)C1=O. The first-order valence-electron chi connectivity index (χ1n) is 12.0. The van der Waals surface area contributed by atoms with Crippen LogP contribution in [0.4, 0.5) is 5.69 Å². The normalized spacial score (nSPS) is 19.3. The Bertz CT molecular complexity index is 1070. The van der Waals surface area contributed by atoms with Crippen molar-refractivity contribution in [2.75, 3.05) is 18.0 Å². The number of nitriles is 1. The summed E-state index contributed by atoms with van der Waals surface area (Å²) >= 11 is 0. The van der Waals surface area contributed by atoms with Crippen LogP contribution >= 0.6 is 0 Å². The molecule has 34 heavy (non-hydrogen) atoms. The minimum absolute atomic E-state index is 0.00147. The van der Waals surface area contributed by atoms with Gasteiger partial charge in [-0.25, -0.2) is 4.90 Å². The molecule has 0 N–H and O–H groups in total. The third kappa shape index (κ3) is 5.02. The minimum Gasteiger partial charge on any atom is -0.327 e. The molecule has 7 heteroatoms. The van der Waals surface area contributed by atoms with Gasteiger partial charge in [-0.15, -0.1) is 0 Å². The van der Waals surface area contributed by atoms with E-state index in [0.29, 0.717) is 24.1 Å². The van der Waals surface area contributed by atoms with E-state index in [-0.39, 0.29) is 30.2 Å². The summed E-state index contributed by atoms with van der Waals surface area (Å²) in [5, 5.41) is 9.02. The topological polar surface area (TPSA) is 84.7 Å². The zero-order valence-corrected chi connectivity index (χ0v) is 19.5. The Morgan fingerprint density at radius 2 is 1.74 bits per heavy atom. The standard InChI is InChI=1S/C27H30N4O3/c1-2-6-25(32)30(23-13-15-29(16-14-23)19-21-7-4-3-5-8-21)24-17-26(33)31(27(24)34)22-11-9-20(18-28)10-12-22/h3-5,7-12,23-24H,2,6,13-17,19H2,1H3. The summed E-state index contributed by atoms with van der Waals surface area (Å²) in [6.45, 7) is 4.49. The van der Waals surface area contributed by atoms with Gasteiger partial charge < -0.3 is 4.90 Å². The maximum absolute atomic E-state index is 13.4. The highest BCUT2D eigenvalue weighted by Crippen LogP contribution is 2.30. The van der Waals surface area contributed by atoms with Gasteiger partial charge in [-0.05, 0) is 49.1 Å². The van der Waals surface area contributed by atoms with Gasteiger partial charge in [0.05, 0.1) is 23.7 Å². The molecular weight excluding hydrogens is 428 g/mol. The number of hydrogen-bond donors (Lipinski definition) is 0. The first-order chi connectivity index (χ1) is 16.5. The number of carbonyl (C=O) groups excluding carboxylic acids is 3. The van der Waals surface area contributed by atoms with Crippen LogP contribution in [0.15, 0.2) is 54.6 Å². The van der Waals surface area contributed by atoms with Crippen molar-refractivity contribution in [3.63, 3.8) is 0 Å². The van der Waals surface area contributed by atoms with Crippen molar-refractivity contribution in [2.24, 2.45) is 0 Å². The summed E-state index contributed by atoms with van der Waals surface area (Å²) in [6, 6.07) is 17.9. The van der Waals surface area contributed by atoms with Crippen LogP contribution < -0.4 is 4.90 Å². The predicted molar refractivity (Wildman–Crippen MR) is 129 cm³/mol. The number of likely N-dealkylation sites (tertiary alicyclic amines) is 1. The molecule has 2 aliphatic heterocycles. The molecule has 0 aliphatic carbocycles. The van der Waals surface area contributed by atoms with E-state index in [2.05, 4.69) is 17.0 Å². The number of imide groups is 1. The lowest BCUT2D eigenvalue weighted by Gasteiger charge is -2.40. The van der Waals surface area contributed by atoms with Crippen LogP contribution in [0.1, 0.15) is 50.2 Å². The summed E-state index contributed by atoms with van der Waals surface area (Å²) < 4.78 is 0. The molecule has 2 saturated heterocycles. The molecule has 7 nitrogen and oxygen atoms in total. The van der Waals surface area contributed by atoms with Crippen LogP contribution in [-0.4, -0.2) is 52.7 Å². The molecule has 0 bridgehead atoms. The molecule has 2 fully saturated rings. The fraction of sp³-hybridized carbons (Fsp3) is 0.407. The van der Waals surface area contributed by atoms with Gasteiger partial charge >= 0.3 is 0 Å². The van der Waals surface area contributed by atoms with Gasteiger partial charge in [0.1, 0.15) is 6.04 Å². The Balaban J connectivity index is 1.49. The van der Waals surface area contributed by atoms with Crippen molar-refractivity contribution in [3.05, 3.63) is 65.7 Å². The highest BCUT2D eigenvalue weighted by atomic mass is 16.2. The van der Waals surface area contributed by atoms with Crippen molar-refractivity contribution in [1.82, 2.24) is 9.80 Å². The maximum atomic E-state index is 13.4. The number of carbonyl (C=O) groups is 3. The first-order valence-corrected chi connectivity index (χ1v) is 12.0. The van der Waals surface area contributed by atoms with Crippen LogP contribution in [0.25, 0.3) is 0 Å². The number of rotatable bonds is 7. The van der Waals surface area contributed by atoms with E-state index in [4.69, 9.17) is 5.26 Å². The molecule has 2 aromatic rings. The minimum atomic E-state index is -0.770. The highest BCUT2D eigenvalue weighted by molar-refractivity contribution is 6.23. The molecule has 1 atom stereocenters. The van der Waals surface area contributed by atoms with Gasteiger partial charge in [-0.1, -0.05) is 37.3 Å². The summed E-state index contributed by atoms with van der Waals surface area (Å²) in [7, 11) is 0. The molecule has 4 rings (SSSR count). The molecule has 2 aliphatic rings. The average molecular weight is 459 g/mol. The van der Waals surface area contributed by atoms with Crippen LogP contribution in [-0.2, 0) is 20.9 Å². The zero-order valence-electron chi connectivity index (χ0n) is 19.5. The van der Waals surface area contributed by atoms with Crippen LogP contribution in [0.3, 0.4) is 0 Å². The Labute approximate surface area is 200 Å². The molecule has 3 amide bonds. The molecule has 0 radical (unpaired) electrons. The molecule has 0 saturated carbocycles. The summed E-state index contributed by atoms with van der Waals surface area (Å²) in [5.41, 5.74) is 2.16. The van der Waals surface area contributed by atoms with E-state index >= 15 is 0 Å². The monoisotopic (exact) mass is 458 g/mol. The molecule has 2 aromatic carbocycles. The van der Waals surface area contributed by atoms with E-state index in [1.165, 1.54) is 10.5 Å². The lowest BCUT2D eigenvalue weighted by molar-refractivity contribution is -0.142. The van der Waals surface area contributed by atoms with Crippen molar-refractivity contribution in [1.29, 1.82) is 5.26 Å². The van der Waals surface area contributed by atoms with E-state index < -0.39 is 6.04 Å². The second kappa shape index (κ2) is 10.6. The van der Waals surface area contributed by atoms with Crippen LogP contribution in [0.5, 0.6) is 0 Å². The Morgan fingerprint density at radius 3 is 2.35 bits per heavy atom. The van der Waals surface area contributed by atoms with Gasteiger partial charge in [0.2, 0.25) is 11.8 Å². The lowest BCUT2D eigenvalue weighted by atomic mass is 9.99. The first kappa shape index (κ1) is 23.7. The fourth-order valence-electron chi connectivity index (χ4n) is 4.96. The highest BCUT2D eigenvalue weighted by Gasteiger charge is 2.46. The van der Waals surface area contributed by atoms with E-state index in [0.717, 1.165) is 32.5 Å². The largest absolute Gasteiger partial charge is 0.327 e. The summed E-state index contributed by atoms with van der Waals surface area (Å²) in [5.74, 6) is -0.724. The van der Waals surface area contributed by atoms with Gasteiger partial charge in [0.15, 0.2) is 0 Å². The summed E-state index contributed by atoms with van der Waals surface area (Å²) in [6.07, 6.45) is 2.60. The number of anilines is 1. The van der Waals surface area contributed by atoms with Crippen LogP contribution in [0, 0.1) is 11.3 Å². The van der Waals surface area contributed by atoms with Gasteiger partial charge in [-0.2, -0.15) is 5.26 Å². The quantitative estimate of drug-likeness (QED) is 0.593. The smallest absolute Gasteiger partial charge is 0.257 e. The Morgan fingerprint density at radius 1 is 1.06 bits per heavy atom. The number of hydrogen-bond acceptors (Lipinski definition) is 5. The van der Waals surface area contributed by atoms with E-state index in [1.54, 1.807) is 29.2 Å². The maximum Gasteiger partial charge on any atom is 0.257 e. The lowest BCUT2D eigenvalue weighted by Crippen LogP contribution is -2.54. The van der Waals surface area contributed by atoms with Gasteiger partial charge in [0, 0.05) is 32.1 Å². The van der Waals surface area contributed by atoms with Crippen molar-refractivity contribution >= 4 is 23.4 Å². The third-order valence-corrected chi connectivity index (χ3v) is 6.66. The number of benzene rings is 2. The zero-order chi connectivity index (χ0) is 24.1. The van der Waals surface area contributed by atoms with Crippen molar-refractivity contribution in [3.8, 4) is 6.07 Å². The number of piperidine rings is 1. The summed E-state index contributed by atoms with van der Waals surface area (Å²) in [4.78, 5) is 44.7. The third-order valence-electron chi connectivity index (χ3n) is 6.66. The second-order valence-electron chi connectivity index (χ2n) is 8.99. The fourth-order valence-corrected chi connectivity index (χ4v) is 4.96. The van der Waals surface area contributed by atoms with Crippen LogP contribution in [0.2, 0.25) is 0 Å². The molecule has 176 valence electrons. The second-order valence-corrected chi connectivity index (χ2v) is 8.99. The Kier molecular flexibility index (Phi) is 7.39. The van der Waals surface area contributed by atoms with Gasteiger partial charge in [-0.3, -0.25) is 19.3 Å².